The van der Waals surface area contributed by atoms with Gasteiger partial charge in [-0.2, -0.15) is 9.97 Å². The van der Waals surface area contributed by atoms with Gasteiger partial charge in [0.05, 0.1) is 36.3 Å². The Balaban J connectivity index is 1.13. The van der Waals surface area contributed by atoms with Crippen LogP contribution in [0.25, 0.3) is 32.9 Å². The fraction of sp³-hybridized carbons (Fsp3) is 0.526. The Labute approximate surface area is 289 Å². The van der Waals surface area contributed by atoms with Gasteiger partial charge in [-0.3, -0.25) is 9.88 Å². The zero-order chi connectivity index (χ0) is 34.0. The zero-order valence-electron chi connectivity index (χ0n) is 28.4. The van der Waals surface area contributed by atoms with Crippen molar-refractivity contribution >= 4 is 33.6 Å². The number of aromatic nitrogens is 3. The van der Waals surface area contributed by atoms with E-state index < -0.39 is 23.3 Å². The van der Waals surface area contributed by atoms with Gasteiger partial charge in [0.15, 0.2) is 5.82 Å². The second-order valence-electron chi connectivity index (χ2n) is 15.3. The Morgan fingerprint density at radius 3 is 2.72 bits per heavy atom. The standard InChI is InChI=1S/C38H42F2N6O4/c1-37-12-4-15-46(20-37)34-28-17-41-32(27-6-2-5-23-8-11-29(39)26(30(23)27)7-3-16-48-36(47)44-37)31(40)33(28)42-35(43-34)49-22-38(13-14-38)21-45-18-24-9-10-25(19-45)50-24/h2,5-6,8,11,17,24-25H,3-4,7,9-10,12-16,18-22H2,1H3,(H,44,47). The van der Waals surface area contributed by atoms with Gasteiger partial charge in [-0.15, -0.1) is 0 Å². The van der Waals surface area contributed by atoms with E-state index in [0.29, 0.717) is 72.5 Å². The number of alkyl carbamates (subject to hydrolysis) is 1. The fourth-order valence-electron chi connectivity index (χ4n) is 8.65. The predicted octanol–water partition coefficient (Wildman–Crippen LogP) is 6.18. The van der Waals surface area contributed by atoms with Crippen molar-refractivity contribution in [2.75, 3.05) is 50.8 Å². The van der Waals surface area contributed by atoms with E-state index in [1.807, 2.05) is 19.1 Å². The number of anilines is 1. The van der Waals surface area contributed by atoms with E-state index in [9.17, 15) is 4.79 Å². The van der Waals surface area contributed by atoms with Crippen molar-refractivity contribution in [2.45, 2.75) is 76.0 Å². The van der Waals surface area contributed by atoms with Crippen LogP contribution in [0.15, 0.2) is 36.5 Å². The molecule has 1 N–H and O–H groups in total. The maximum atomic E-state index is 17.0. The summed E-state index contributed by atoms with van der Waals surface area (Å²) >= 11 is 0. The molecule has 1 saturated carbocycles. The van der Waals surface area contributed by atoms with Crippen LogP contribution in [0, 0.1) is 17.0 Å². The Morgan fingerprint density at radius 2 is 1.90 bits per heavy atom. The van der Waals surface area contributed by atoms with E-state index in [2.05, 4.69) is 20.1 Å². The Hall–Kier alpha value is -4.16. The van der Waals surface area contributed by atoms with E-state index in [0.717, 1.165) is 63.5 Å². The number of nitrogens with one attached hydrogen (secondary N) is 1. The molecule has 50 heavy (non-hydrogen) atoms. The Kier molecular flexibility index (Phi) is 7.80. The lowest BCUT2D eigenvalue weighted by Crippen LogP contribution is -2.57. The minimum absolute atomic E-state index is 0.000878. The number of ether oxygens (including phenoxy) is 3. The highest BCUT2D eigenvalue weighted by molar-refractivity contribution is 6.01. The number of fused-ring (bicyclic) bond motifs is 8. The van der Waals surface area contributed by atoms with Crippen molar-refractivity contribution in [1.82, 2.24) is 25.2 Å². The van der Waals surface area contributed by atoms with Gasteiger partial charge >= 0.3 is 12.1 Å². The third-order valence-electron chi connectivity index (χ3n) is 11.3. The van der Waals surface area contributed by atoms with E-state index in [1.54, 1.807) is 18.3 Å². The van der Waals surface area contributed by atoms with Crippen molar-refractivity contribution in [2.24, 2.45) is 5.41 Å². The van der Waals surface area contributed by atoms with Crippen molar-refractivity contribution in [3.8, 4) is 17.3 Å². The number of nitrogens with zero attached hydrogens (tertiary/aromatic N) is 5. The molecule has 3 saturated heterocycles. The van der Waals surface area contributed by atoms with Gasteiger partial charge in [-0.25, -0.2) is 13.6 Å². The van der Waals surface area contributed by atoms with Crippen LogP contribution in [0.2, 0.25) is 0 Å². The summed E-state index contributed by atoms with van der Waals surface area (Å²) in [4.78, 5) is 31.9. The lowest BCUT2D eigenvalue weighted by atomic mass is 9.91. The molecule has 262 valence electrons. The average Bonchev–Trinajstić information content (AvgIpc) is 3.78. The molecule has 3 unspecified atom stereocenters. The highest BCUT2D eigenvalue weighted by Gasteiger charge is 2.47. The molecule has 0 spiro atoms. The van der Waals surface area contributed by atoms with Crippen LogP contribution in [-0.4, -0.2) is 89.6 Å². The summed E-state index contributed by atoms with van der Waals surface area (Å²) in [5.74, 6) is -0.501. The van der Waals surface area contributed by atoms with E-state index >= 15 is 8.78 Å². The minimum atomic E-state index is -0.628. The predicted molar refractivity (Wildman–Crippen MR) is 184 cm³/mol. The molecule has 1 aliphatic carbocycles. The van der Waals surface area contributed by atoms with E-state index in [-0.39, 0.29) is 29.2 Å². The van der Waals surface area contributed by atoms with Gasteiger partial charge in [0.2, 0.25) is 0 Å². The number of amides is 1. The molecular weight excluding hydrogens is 642 g/mol. The minimum Gasteiger partial charge on any atom is -0.463 e. The molecule has 2 aromatic carbocycles. The third-order valence-corrected chi connectivity index (χ3v) is 11.3. The largest absolute Gasteiger partial charge is 0.463 e. The van der Waals surface area contributed by atoms with Gasteiger partial charge in [0.1, 0.15) is 22.8 Å². The number of carbonyl (C=O) groups excluding carboxylic acids is 1. The molecule has 12 heteroatoms. The summed E-state index contributed by atoms with van der Waals surface area (Å²) in [5.41, 5.74) is 0.467. The number of morpholine rings is 1. The first kappa shape index (κ1) is 31.8. The third kappa shape index (κ3) is 5.89. The quantitative estimate of drug-likeness (QED) is 0.264. The monoisotopic (exact) mass is 684 g/mol. The number of carbonyl (C=O) groups is 1. The molecule has 1 amide bonds. The molecule has 2 aromatic heterocycles. The van der Waals surface area contributed by atoms with E-state index in [1.165, 1.54) is 6.07 Å². The maximum absolute atomic E-state index is 17.0. The summed E-state index contributed by atoms with van der Waals surface area (Å²) in [6.07, 6.45) is 8.29. The average molecular weight is 685 g/mol. The zero-order valence-corrected chi connectivity index (χ0v) is 28.4. The Bertz CT molecular complexity index is 1980. The SMILES string of the molecule is CC12CCCN(C1)c1nc(OCC3(CN4CC5CCC(C4)O5)CC3)nc3c(F)c(ncc13)-c1cccc3ccc(F)c(c13)CCCOC(=O)N2. The summed E-state index contributed by atoms with van der Waals surface area (Å²) in [6.45, 7) is 6.43. The highest BCUT2D eigenvalue weighted by Crippen LogP contribution is 2.47. The van der Waals surface area contributed by atoms with Crippen LogP contribution in [0.3, 0.4) is 0 Å². The number of likely N-dealkylation sites (tertiary alicyclic amines) is 1. The summed E-state index contributed by atoms with van der Waals surface area (Å²) in [7, 11) is 0. The van der Waals surface area contributed by atoms with Crippen molar-refractivity contribution < 1.29 is 27.8 Å². The summed E-state index contributed by atoms with van der Waals surface area (Å²) < 4.78 is 50.6. The van der Waals surface area contributed by atoms with Crippen LogP contribution in [0.5, 0.6) is 6.01 Å². The van der Waals surface area contributed by atoms with Crippen LogP contribution < -0.4 is 15.0 Å². The molecule has 10 nitrogen and oxygen atoms in total. The first-order chi connectivity index (χ1) is 24.2. The van der Waals surface area contributed by atoms with Gasteiger partial charge in [-0.1, -0.05) is 24.3 Å². The number of halogens is 2. The van der Waals surface area contributed by atoms with E-state index in [4.69, 9.17) is 24.2 Å². The number of piperidine rings is 1. The van der Waals surface area contributed by atoms with Crippen molar-refractivity contribution in [3.63, 3.8) is 0 Å². The lowest BCUT2D eigenvalue weighted by molar-refractivity contribution is -0.0460. The number of rotatable bonds is 5. The molecular formula is C38H42F2N6O4. The highest BCUT2D eigenvalue weighted by atomic mass is 19.1. The summed E-state index contributed by atoms with van der Waals surface area (Å²) in [5, 5.41) is 4.86. The molecule has 0 radical (unpaired) electrons. The van der Waals surface area contributed by atoms with Gasteiger partial charge in [-0.05, 0) is 80.7 Å². The topological polar surface area (TPSA) is 102 Å². The maximum Gasteiger partial charge on any atom is 0.407 e. The molecule has 7 heterocycles. The first-order valence-corrected chi connectivity index (χ1v) is 18.0. The number of hydrogen-bond acceptors (Lipinski definition) is 9. The Morgan fingerprint density at radius 1 is 1.06 bits per heavy atom. The molecule has 10 rings (SSSR count). The number of pyridine rings is 1. The van der Waals surface area contributed by atoms with Crippen LogP contribution in [-0.2, 0) is 15.9 Å². The summed E-state index contributed by atoms with van der Waals surface area (Å²) in [6, 6.07) is 8.70. The first-order valence-electron chi connectivity index (χ1n) is 18.0. The van der Waals surface area contributed by atoms with Gasteiger partial charge in [0, 0.05) is 49.9 Å². The second kappa shape index (κ2) is 12.3. The van der Waals surface area contributed by atoms with Gasteiger partial charge in [0.25, 0.3) is 0 Å². The number of hydrogen-bond donors (Lipinski definition) is 1. The van der Waals surface area contributed by atoms with Crippen LogP contribution in [0.4, 0.5) is 19.4 Å². The van der Waals surface area contributed by atoms with Crippen LogP contribution in [0.1, 0.15) is 57.4 Å². The number of benzene rings is 2. The second-order valence-corrected chi connectivity index (χ2v) is 15.3. The lowest BCUT2D eigenvalue weighted by Gasteiger charge is -2.41. The molecule has 4 fully saturated rings. The number of aryl methyl sites for hydroxylation is 1. The fourth-order valence-corrected chi connectivity index (χ4v) is 8.65. The van der Waals surface area contributed by atoms with Crippen LogP contribution >= 0.6 is 0 Å². The molecule has 3 atom stereocenters. The molecule has 6 aliphatic rings. The smallest absolute Gasteiger partial charge is 0.407 e. The van der Waals surface area contributed by atoms with Crippen molar-refractivity contribution in [3.05, 3.63) is 53.7 Å². The molecule has 4 aromatic rings. The normalized spacial score (nSPS) is 26.2. The van der Waals surface area contributed by atoms with Crippen molar-refractivity contribution in [1.29, 1.82) is 0 Å². The molecule has 8 bridgehead atoms. The molecule has 5 aliphatic heterocycles. The van der Waals surface area contributed by atoms with Gasteiger partial charge < -0.3 is 24.4 Å².